The summed E-state index contributed by atoms with van der Waals surface area (Å²) in [7, 11) is -0.746. The van der Waals surface area contributed by atoms with E-state index in [1.807, 2.05) is 30.3 Å². The van der Waals surface area contributed by atoms with Crippen LogP contribution >= 0.6 is 12.4 Å². The Balaban J connectivity index is 0.00000288. The number of rotatable bonds is 7. The van der Waals surface area contributed by atoms with Crippen molar-refractivity contribution in [1.82, 2.24) is 4.72 Å². The van der Waals surface area contributed by atoms with Crippen LogP contribution in [-0.2, 0) is 10.0 Å². The summed E-state index contributed by atoms with van der Waals surface area (Å²) >= 11 is 0. The molecule has 2 aromatic carbocycles. The standard InChI is InChI=1S/C16H20N2O4S.ClH/c1-21-15-9-8-13(10-16(15)22-2)23(19,20)18-11-14(17)12-6-4-3-5-7-12;/h3-10,14,18H,11,17H2,1-2H3;1H. The van der Waals surface area contributed by atoms with Gasteiger partial charge >= 0.3 is 0 Å². The first kappa shape index (κ1) is 20.2. The van der Waals surface area contributed by atoms with E-state index < -0.39 is 16.1 Å². The molecule has 0 aliphatic rings. The molecular weight excluding hydrogens is 352 g/mol. The largest absolute Gasteiger partial charge is 0.493 e. The fourth-order valence-electron chi connectivity index (χ4n) is 2.08. The van der Waals surface area contributed by atoms with Crippen LogP contribution < -0.4 is 19.9 Å². The molecule has 0 aromatic heterocycles. The Bertz CT molecular complexity index is 754. The Morgan fingerprint density at radius 1 is 1.04 bits per heavy atom. The number of ether oxygens (including phenoxy) is 2. The predicted molar refractivity (Wildman–Crippen MR) is 95.4 cm³/mol. The molecule has 0 heterocycles. The predicted octanol–water partition coefficient (Wildman–Crippen LogP) is 2.10. The number of nitrogens with one attached hydrogen (secondary N) is 1. The molecule has 2 aromatic rings. The van der Waals surface area contributed by atoms with Gasteiger partial charge in [0.25, 0.3) is 0 Å². The lowest BCUT2D eigenvalue weighted by molar-refractivity contribution is 0.354. The summed E-state index contributed by atoms with van der Waals surface area (Å²) < 4.78 is 37.5. The molecule has 0 aliphatic carbocycles. The minimum absolute atomic E-state index is 0. The molecule has 0 radical (unpaired) electrons. The molecule has 8 heteroatoms. The van der Waals surface area contributed by atoms with E-state index in [4.69, 9.17) is 15.2 Å². The number of sulfonamides is 1. The molecule has 6 nitrogen and oxygen atoms in total. The lowest BCUT2D eigenvalue weighted by atomic mass is 10.1. The van der Waals surface area contributed by atoms with E-state index in [0.29, 0.717) is 11.5 Å². The molecule has 0 spiro atoms. The first-order chi connectivity index (χ1) is 11.0. The third-order valence-corrected chi connectivity index (χ3v) is 4.81. The lowest BCUT2D eigenvalue weighted by Crippen LogP contribution is -2.32. The molecule has 1 atom stereocenters. The monoisotopic (exact) mass is 372 g/mol. The number of hydrogen-bond acceptors (Lipinski definition) is 5. The van der Waals surface area contributed by atoms with Gasteiger partial charge in [-0.2, -0.15) is 0 Å². The molecular formula is C16H21ClN2O4S. The van der Waals surface area contributed by atoms with Crippen LogP contribution in [0.5, 0.6) is 11.5 Å². The fourth-order valence-corrected chi connectivity index (χ4v) is 3.16. The maximum absolute atomic E-state index is 12.4. The number of nitrogens with two attached hydrogens (primary N) is 1. The number of hydrogen-bond donors (Lipinski definition) is 2. The maximum Gasteiger partial charge on any atom is 0.240 e. The van der Waals surface area contributed by atoms with Crippen molar-refractivity contribution in [3.05, 3.63) is 54.1 Å². The van der Waals surface area contributed by atoms with E-state index in [1.165, 1.54) is 26.4 Å². The van der Waals surface area contributed by atoms with Crippen LogP contribution in [0.2, 0.25) is 0 Å². The highest BCUT2D eigenvalue weighted by atomic mass is 35.5. The third-order valence-electron chi connectivity index (χ3n) is 3.39. The summed E-state index contributed by atoms with van der Waals surface area (Å²) in [5.41, 5.74) is 6.87. The van der Waals surface area contributed by atoms with E-state index in [9.17, 15) is 8.42 Å². The molecule has 0 aliphatic heterocycles. The highest BCUT2D eigenvalue weighted by Crippen LogP contribution is 2.29. The Morgan fingerprint density at radius 2 is 1.67 bits per heavy atom. The first-order valence-corrected chi connectivity index (χ1v) is 8.48. The van der Waals surface area contributed by atoms with Crippen LogP contribution in [-0.4, -0.2) is 29.2 Å². The average Bonchev–Trinajstić information content (AvgIpc) is 2.59. The van der Waals surface area contributed by atoms with Crippen molar-refractivity contribution >= 4 is 22.4 Å². The second-order valence-corrected chi connectivity index (χ2v) is 6.65. The molecule has 0 bridgehead atoms. The van der Waals surface area contributed by atoms with E-state index in [-0.39, 0.29) is 23.8 Å². The van der Waals surface area contributed by atoms with Gasteiger partial charge in [-0.1, -0.05) is 30.3 Å². The van der Waals surface area contributed by atoms with Crippen molar-refractivity contribution < 1.29 is 17.9 Å². The SMILES string of the molecule is COc1ccc(S(=O)(=O)NCC(N)c2ccccc2)cc1OC.Cl. The Labute approximate surface area is 148 Å². The summed E-state index contributed by atoms with van der Waals surface area (Å²) in [5.74, 6) is 0.815. The minimum atomic E-state index is -3.69. The zero-order chi connectivity index (χ0) is 16.9. The molecule has 0 saturated heterocycles. The van der Waals surface area contributed by atoms with Gasteiger partial charge in [-0.3, -0.25) is 0 Å². The molecule has 0 saturated carbocycles. The van der Waals surface area contributed by atoms with E-state index in [0.717, 1.165) is 5.56 Å². The van der Waals surface area contributed by atoms with Gasteiger partial charge in [0.15, 0.2) is 11.5 Å². The van der Waals surface area contributed by atoms with Crippen molar-refractivity contribution in [3.8, 4) is 11.5 Å². The first-order valence-electron chi connectivity index (χ1n) is 7.00. The normalized spacial score (nSPS) is 12.1. The molecule has 2 rings (SSSR count). The van der Waals surface area contributed by atoms with Gasteiger partial charge in [0.1, 0.15) is 0 Å². The quantitative estimate of drug-likeness (QED) is 0.776. The van der Waals surface area contributed by atoms with Crippen molar-refractivity contribution in [2.24, 2.45) is 5.73 Å². The minimum Gasteiger partial charge on any atom is -0.493 e. The van der Waals surface area contributed by atoms with Crippen molar-refractivity contribution in [2.75, 3.05) is 20.8 Å². The highest BCUT2D eigenvalue weighted by Gasteiger charge is 2.18. The summed E-state index contributed by atoms with van der Waals surface area (Å²) in [6, 6.07) is 13.3. The molecule has 132 valence electrons. The second kappa shape index (κ2) is 8.89. The Hall–Kier alpha value is -1.80. The topological polar surface area (TPSA) is 90.7 Å². The lowest BCUT2D eigenvalue weighted by Gasteiger charge is -2.14. The van der Waals surface area contributed by atoms with Gasteiger partial charge in [-0.05, 0) is 17.7 Å². The van der Waals surface area contributed by atoms with Gasteiger partial charge in [-0.25, -0.2) is 13.1 Å². The zero-order valence-corrected chi connectivity index (χ0v) is 15.1. The molecule has 0 amide bonds. The average molecular weight is 373 g/mol. The summed E-state index contributed by atoms with van der Waals surface area (Å²) in [6.45, 7) is 0.0979. The fraction of sp³-hybridized carbons (Fsp3) is 0.250. The van der Waals surface area contributed by atoms with Gasteiger partial charge < -0.3 is 15.2 Å². The number of halogens is 1. The van der Waals surface area contributed by atoms with E-state index >= 15 is 0 Å². The Kier molecular flexibility index (Phi) is 7.50. The van der Waals surface area contributed by atoms with Crippen LogP contribution in [0.15, 0.2) is 53.4 Å². The summed E-state index contributed by atoms with van der Waals surface area (Å²) in [5, 5.41) is 0. The highest BCUT2D eigenvalue weighted by molar-refractivity contribution is 7.89. The second-order valence-electron chi connectivity index (χ2n) is 4.89. The van der Waals surface area contributed by atoms with Crippen LogP contribution in [0.4, 0.5) is 0 Å². The van der Waals surface area contributed by atoms with Crippen LogP contribution in [0.25, 0.3) is 0 Å². The molecule has 1 unspecified atom stereocenters. The van der Waals surface area contributed by atoms with Gasteiger partial charge in [0, 0.05) is 18.7 Å². The van der Waals surface area contributed by atoms with Crippen molar-refractivity contribution in [2.45, 2.75) is 10.9 Å². The third kappa shape index (κ3) is 4.85. The van der Waals surface area contributed by atoms with Gasteiger partial charge in [0.05, 0.1) is 19.1 Å². The van der Waals surface area contributed by atoms with E-state index in [1.54, 1.807) is 6.07 Å². The summed E-state index contributed by atoms with van der Waals surface area (Å²) in [4.78, 5) is 0.0930. The zero-order valence-electron chi connectivity index (χ0n) is 13.4. The van der Waals surface area contributed by atoms with Gasteiger partial charge in [-0.15, -0.1) is 12.4 Å². The Morgan fingerprint density at radius 3 is 2.25 bits per heavy atom. The van der Waals surface area contributed by atoms with Crippen molar-refractivity contribution in [1.29, 1.82) is 0 Å². The van der Waals surface area contributed by atoms with Crippen molar-refractivity contribution in [3.63, 3.8) is 0 Å². The van der Waals surface area contributed by atoms with Crippen LogP contribution in [0, 0.1) is 0 Å². The smallest absolute Gasteiger partial charge is 0.240 e. The number of methoxy groups -OCH3 is 2. The molecule has 24 heavy (non-hydrogen) atoms. The maximum atomic E-state index is 12.4. The number of benzene rings is 2. The van der Waals surface area contributed by atoms with Crippen LogP contribution in [0.1, 0.15) is 11.6 Å². The summed E-state index contributed by atoms with van der Waals surface area (Å²) in [6.07, 6.45) is 0. The molecule has 0 fully saturated rings. The van der Waals surface area contributed by atoms with Gasteiger partial charge in [0.2, 0.25) is 10.0 Å². The van der Waals surface area contributed by atoms with Crippen LogP contribution in [0.3, 0.4) is 0 Å². The molecule has 3 N–H and O–H groups in total. The van der Waals surface area contributed by atoms with E-state index in [2.05, 4.69) is 4.72 Å².